The van der Waals surface area contributed by atoms with Crippen LogP contribution in [0.15, 0.2) is 18.2 Å². The number of amides is 1. The van der Waals surface area contributed by atoms with Gasteiger partial charge in [0.1, 0.15) is 23.3 Å². The lowest BCUT2D eigenvalue weighted by Crippen LogP contribution is -2.48. The molecule has 0 radical (unpaired) electrons. The van der Waals surface area contributed by atoms with Crippen LogP contribution < -0.4 is 5.32 Å². The number of hydrogen-bond donors (Lipinski definition) is 2. The number of carbonyl (C=O) groups is 2. The molecule has 0 aliphatic heterocycles. The number of aliphatic hydroxyl groups excluding tert-OH is 1. The van der Waals surface area contributed by atoms with Crippen molar-refractivity contribution in [2.24, 2.45) is 0 Å². The molecule has 0 saturated heterocycles. The van der Waals surface area contributed by atoms with Gasteiger partial charge in [-0.3, -0.25) is 0 Å². The lowest BCUT2D eigenvalue weighted by Gasteiger charge is -2.26. The lowest BCUT2D eigenvalue weighted by molar-refractivity contribution is -0.149. The van der Waals surface area contributed by atoms with E-state index in [2.05, 4.69) is 5.32 Å². The van der Waals surface area contributed by atoms with Crippen LogP contribution in [0, 0.1) is 11.6 Å². The van der Waals surface area contributed by atoms with E-state index in [1.807, 2.05) is 0 Å². The highest BCUT2D eigenvalue weighted by Crippen LogP contribution is 2.24. The second kappa shape index (κ2) is 8.05. The fraction of sp³-hybridized carbons (Fsp3) is 0.500. The maximum Gasteiger partial charge on any atom is 0.408 e. The van der Waals surface area contributed by atoms with Crippen LogP contribution in [0.5, 0.6) is 0 Å². The first kappa shape index (κ1) is 19.8. The average Bonchev–Trinajstić information content (AvgIpc) is 2.42. The molecular weight excluding hydrogens is 324 g/mol. The molecule has 0 unspecified atom stereocenters. The molecule has 1 aromatic rings. The van der Waals surface area contributed by atoms with Gasteiger partial charge in [-0.1, -0.05) is 6.07 Å². The normalized spacial score (nSPS) is 13.8. The molecule has 8 heteroatoms. The van der Waals surface area contributed by atoms with Crippen molar-refractivity contribution in [2.75, 3.05) is 6.61 Å². The van der Waals surface area contributed by atoms with Crippen molar-refractivity contribution in [3.8, 4) is 0 Å². The van der Waals surface area contributed by atoms with Gasteiger partial charge in [0.25, 0.3) is 0 Å². The minimum atomic E-state index is -1.99. The summed E-state index contributed by atoms with van der Waals surface area (Å²) in [6, 6.07) is 1.24. The number of nitrogens with one attached hydrogen (secondary N) is 1. The highest BCUT2D eigenvalue weighted by atomic mass is 19.1. The standard InChI is InChI=1S/C16H21F2NO5/c1-5-23-14(21)12(19-15(22)24-16(2,3)4)13(20)11-9(17)7-6-8-10(11)18/h6-8,12-13,20H,5H2,1-4H3,(H,19,22)/t12-,13+/m1/s1. The van der Waals surface area contributed by atoms with Gasteiger partial charge in [-0.2, -0.15) is 0 Å². The number of benzene rings is 1. The van der Waals surface area contributed by atoms with Crippen LogP contribution in [-0.2, 0) is 14.3 Å². The number of alkyl carbamates (subject to hydrolysis) is 1. The summed E-state index contributed by atoms with van der Waals surface area (Å²) in [5.41, 5.74) is -1.61. The molecule has 1 rings (SSSR count). The fourth-order valence-electron chi connectivity index (χ4n) is 1.89. The highest BCUT2D eigenvalue weighted by molar-refractivity contribution is 5.82. The Bertz CT molecular complexity index is 580. The Morgan fingerprint density at radius 1 is 1.25 bits per heavy atom. The summed E-state index contributed by atoms with van der Waals surface area (Å²) in [7, 11) is 0. The molecule has 2 atom stereocenters. The van der Waals surface area contributed by atoms with E-state index < -0.39 is 47.0 Å². The largest absolute Gasteiger partial charge is 0.464 e. The van der Waals surface area contributed by atoms with E-state index in [1.165, 1.54) is 6.92 Å². The third-order valence-electron chi connectivity index (χ3n) is 2.82. The second-order valence-electron chi connectivity index (χ2n) is 5.96. The summed E-state index contributed by atoms with van der Waals surface area (Å²) in [6.07, 6.45) is -3.02. The predicted molar refractivity (Wildman–Crippen MR) is 81.1 cm³/mol. The Morgan fingerprint density at radius 3 is 2.25 bits per heavy atom. The molecule has 134 valence electrons. The van der Waals surface area contributed by atoms with E-state index >= 15 is 0 Å². The quantitative estimate of drug-likeness (QED) is 0.801. The number of hydrogen-bond acceptors (Lipinski definition) is 5. The molecular formula is C16H21F2NO5. The summed E-state index contributed by atoms with van der Waals surface area (Å²) in [5, 5.41) is 12.3. The average molecular weight is 345 g/mol. The summed E-state index contributed by atoms with van der Waals surface area (Å²) in [5.74, 6) is -3.15. The zero-order valence-electron chi connectivity index (χ0n) is 13.9. The topological polar surface area (TPSA) is 84.9 Å². The van der Waals surface area contributed by atoms with Gasteiger partial charge in [0.15, 0.2) is 6.04 Å². The predicted octanol–water partition coefficient (Wildman–Crippen LogP) is 2.45. The molecule has 0 heterocycles. The molecule has 0 aliphatic carbocycles. The van der Waals surface area contributed by atoms with Crippen LogP contribution in [0.1, 0.15) is 39.4 Å². The Morgan fingerprint density at radius 2 is 1.79 bits per heavy atom. The van der Waals surface area contributed by atoms with E-state index in [9.17, 15) is 23.5 Å². The van der Waals surface area contributed by atoms with Crippen molar-refractivity contribution >= 4 is 12.1 Å². The van der Waals surface area contributed by atoms with E-state index in [1.54, 1.807) is 20.8 Å². The number of ether oxygens (including phenoxy) is 2. The molecule has 1 aromatic carbocycles. The number of aliphatic hydroxyl groups is 1. The van der Waals surface area contributed by atoms with Gasteiger partial charge in [-0.25, -0.2) is 18.4 Å². The molecule has 0 aliphatic rings. The van der Waals surface area contributed by atoms with Gasteiger partial charge in [0.2, 0.25) is 0 Å². The summed E-state index contributed by atoms with van der Waals surface area (Å²) >= 11 is 0. The first-order chi connectivity index (χ1) is 11.1. The van der Waals surface area contributed by atoms with E-state index in [0.29, 0.717) is 0 Å². The highest BCUT2D eigenvalue weighted by Gasteiger charge is 2.35. The van der Waals surface area contributed by atoms with Gasteiger partial charge in [0, 0.05) is 0 Å². The molecule has 0 bridgehead atoms. The Balaban J connectivity index is 3.09. The third-order valence-corrected chi connectivity index (χ3v) is 2.82. The Labute approximate surface area is 138 Å². The number of carbonyl (C=O) groups excluding carboxylic acids is 2. The Kier molecular flexibility index (Phi) is 6.65. The number of halogens is 2. The molecule has 0 fully saturated rings. The zero-order chi connectivity index (χ0) is 18.5. The van der Waals surface area contributed by atoms with Crippen LogP contribution in [0.4, 0.5) is 13.6 Å². The van der Waals surface area contributed by atoms with E-state index in [4.69, 9.17) is 9.47 Å². The van der Waals surface area contributed by atoms with Crippen molar-refractivity contribution in [3.63, 3.8) is 0 Å². The van der Waals surface area contributed by atoms with Gasteiger partial charge in [0.05, 0.1) is 12.2 Å². The van der Waals surface area contributed by atoms with Crippen molar-refractivity contribution in [1.29, 1.82) is 0 Å². The van der Waals surface area contributed by atoms with Gasteiger partial charge in [-0.05, 0) is 39.8 Å². The van der Waals surface area contributed by atoms with Crippen molar-refractivity contribution < 1.29 is 33.0 Å². The second-order valence-corrected chi connectivity index (χ2v) is 5.96. The van der Waals surface area contributed by atoms with Crippen molar-refractivity contribution in [1.82, 2.24) is 5.32 Å². The zero-order valence-corrected chi connectivity index (χ0v) is 13.9. The minimum absolute atomic E-state index is 0.0438. The Hall–Kier alpha value is -2.22. The summed E-state index contributed by atoms with van der Waals surface area (Å²) in [4.78, 5) is 23.8. The molecule has 0 aromatic heterocycles. The van der Waals surface area contributed by atoms with Crippen molar-refractivity contribution in [3.05, 3.63) is 35.4 Å². The van der Waals surface area contributed by atoms with Crippen molar-refractivity contribution in [2.45, 2.75) is 45.4 Å². The van der Waals surface area contributed by atoms with Crippen LogP contribution in [0.2, 0.25) is 0 Å². The first-order valence-electron chi connectivity index (χ1n) is 7.35. The molecule has 0 saturated carbocycles. The number of esters is 1. The smallest absolute Gasteiger partial charge is 0.408 e. The molecule has 1 amide bonds. The minimum Gasteiger partial charge on any atom is -0.464 e. The summed E-state index contributed by atoms with van der Waals surface area (Å²) in [6.45, 7) is 6.26. The number of rotatable bonds is 5. The van der Waals surface area contributed by atoms with Crippen LogP contribution in [0.25, 0.3) is 0 Å². The molecule has 24 heavy (non-hydrogen) atoms. The fourth-order valence-corrected chi connectivity index (χ4v) is 1.89. The van der Waals surface area contributed by atoms with E-state index in [-0.39, 0.29) is 6.61 Å². The third kappa shape index (κ3) is 5.45. The SMILES string of the molecule is CCOC(=O)[C@H](NC(=O)OC(C)(C)C)[C@@H](O)c1c(F)cccc1F. The first-order valence-corrected chi connectivity index (χ1v) is 7.35. The van der Waals surface area contributed by atoms with Crippen LogP contribution in [0.3, 0.4) is 0 Å². The lowest BCUT2D eigenvalue weighted by atomic mass is 10.0. The van der Waals surface area contributed by atoms with Gasteiger partial charge < -0.3 is 19.9 Å². The van der Waals surface area contributed by atoms with Gasteiger partial charge in [-0.15, -0.1) is 0 Å². The monoisotopic (exact) mass is 345 g/mol. The summed E-state index contributed by atoms with van der Waals surface area (Å²) < 4.78 is 37.4. The van der Waals surface area contributed by atoms with Crippen LogP contribution >= 0.6 is 0 Å². The molecule has 2 N–H and O–H groups in total. The van der Waals surface area contributed by atoms with E-state index in [0.717, 1.165) is 18.2 Å². The van der Waals surface area contributed by atoms with Crippen LogP contribution in [-0.4, -0.2) is 35.4 Å². The van der Waals surface area contributed by atoms with Gasteiger partial charge >= 0.3 is 12.1 Å². The maximum atomic E-state index is 13.8. The molecule has 0 spiro atoms. The molecule has 6 nitrogen and oxygen atoms in total. The maximum absolute atomic E-state index is 13.8.